The molecule has 2 unspecified atom stereocenters. The van der Waals surface area contributed by atoms with E-state index >= 15 is 0 Å². The highest BCUT2D eigenvalue weighted by atomic mass is 19.4. The summed E-state index contributed by atoms with van der Waals surface area (Å²) in [6.45, 7) is 6.33. The molecule has 2 N–H and O–H groups in total. The Kier molecular flexibility index (Phi) is 4.40. The summed E-state index contributed by atoms with van der Waals surface area (Å²) in [5.41, 5.74) is 0. The van der Waals surface area contributed by atoms with E-state index in [9.17, 15) is 13.2 Å². The molecular formula is C10H19F3N2. The smallest absolute Gasteiger partial charge is 0.316 e. The van der Waals surface area contributed by atoms with Gasteiger partial charge >= 0.3 is 6.18 Å². The maximum Gasteiger partial charge on any atom is 0.390 e. The zero-order valence-electron chi connectivity index (χ0n) is 9.19. The molecule has 0 saturated carbocycles. The summed E-state index contributed by atoms with van der Waals surface area (Å²) in [5, 5.41) is 6.10. The Morgan fingerprint density at radius 1 is 1.33 bits per heavy atom. The summed E-state index contributed by atoms with van der Waals surface area (Å²) in [6, 6.07) is -0.486. The molecule has 90 valence electrons. The van der Waals surface area contributed by atoms with Gasteiger partial charge in [-0.05, 0) is 38.4 Å². The molecule has 0 spiro atoms. The molecule has 1 fully saturated rings. The van der Waals surface area contributed by atoms with Gasteiger partial charge in [-0.15, -0.1) is 0 Å². The Morgan fingerprint density at radius 3 is 2.33 bits per heavy atom. The van der Waals surface area contributed by atoms with Crippen molar-refractivity contribution in [2.24, 2.45) is 11.8 Å². The third kappa shape index (κ3) is 4.84. The number of halogens is 3. The Hall–Kier alpha value is -0.290. The van der Waals surface area contributed by atoms with E-state index in [0.717, 1.165) is 13.1 Å². The van der Waals surface area contributed by atoms with Crippen molar-refractivity contribution in [2.45, 2.75) is 32.5 Å². The quantitative estimate of drug-likeness (QED) is 0.743. The van der Waals surface area contributed by atoms with Gasteiger partial charge < -0.3 is 10.6 Å². The van der Waals surface area contributed by atoms with Crippen molar-refractivity contribution in [3.63, 3.8) is 0 Å². The number of rotatable bonds is 5. The van der Waals surface area contributed by atoms with Gasteiger partial charge in [-0.3, -0.25) is 0 Å². The summed E-state index contributed by atoms with van der Waals surface area (Å²) in [5.74, 6) is 1.07. The molecule has 5 heteroatoms. The van der Waals surface area contributed by atoms with Gasteiger partial charge in [0.25, 0.3) is 0 Å². The van der Waals surface area contributed by atoms with E-state index in [1.165, 1.54) is 0 Å². The Balaban J connectivity index is 2.12. The predicted molar refractivity (Wildman–Crippen MR) is 53.7 cm³/mol. The number of alkyl halides is 3. The summed E-state index contributed by atoms with van der Waals surface area (Å²) in [4.78, 5) is 0. The molecule has 1 aliphatic rings. The second-order valence-electron chi connectivity index (χ2n) is 4.52. The molecule has 1 rings (SSSR count). The monoisotopic (exact) mass is 224 g/mol. The highest BCUT2D eigenvalue weighted by Gasteiger charge is 2.30. The molecule has 0 radical (unpaired) electrons. The van der Waals surface area contributed by atoms with E-state index < -0.39 is 18.6 Å². The van der Waals surface area contributed by atoms with Crippen LogP contribution in [0.1, 0.15) is 20.3 Å². The van der Waals surface area contributed by atoms with Crippen LogP contribution in [0, 0.1) is 11.8 Å². The lowest BCUT2D eigenvalue weighted by Gasteiger charge is -2.33. The van der Waals surface area contributed by atoms with Crippen molar-refractivity contribution < 1.29 is 13.2 Å². The van der Waals surface area contributed by atoms with Crippen LogP contribution in [0.25, 0.3) is 0 Å². The zero-order valence-corrected chi connectivity index (χ0v) is 9.19. The summed E-state index contributed by atoms with van der Waals surface area (Å²) >= 11 is 0. The van der Waals surface area contributed by atoms with Gasteiger partial charge in [0.15, 0.2) is 0 Å². The van der Waals surface area contributed by atoms with Gasteiger partial charge in [0.1, 0.15) is 0 Å². The molecule has 1 saturated heterocycles. The topological polar surface area (TPSA) is 24.1 Å². The van der Waals surface area contributed by atoms with Crippen molar-refractivity contribution >= 4 is 0 Å². The molecule has 0 aromatic heterocycles. The largest absolute Gasteiger partial charge is 0.390 e. The molecule has 1 aliphatic heterocycles. The first-order valence-electron chi connectivity index (χ1n) is 5.39. The van der Waals surface area contributed by atoms with Crippen LogP contribution in [-0.2, 0) is 0 Å². The first kappa shape index (κ1) is 12.8. The van der Waals surface area contributed by atoms with Crippen LogP contribution in [0.4, 0.5) is 13.2 Å². The fourth-order valence-electron chi connectivity index (χ4n) is 1.69. The second kappa shape index (κ2) is 5.16. The van der Waals surface area contributed by atoms with E-state index in [2.05, 4.69) is 17.6 Å². The van der Waals surface area contributed by atoms with Crippen LogP contribution in [0.2, 0.25) is 0 Å². The molecule has 0 aromatic rings. The SMILES string of the molecule is CC(CC(F)(F)F)NCC(C)C1CNC1. The lowest BCUT2D eigenvalue weighted by Crippen LogP contribution is -2.48. The molecule has 0 aliphatic carbocycles. The Bertz CT molecular complexity index is 190. The molecule has 0 aromatic carbocycles. The lowest BCUT2D eigenvalue weighted by molar-refractivity contribution is -0.139. The second-order valence-corrected chi connectivity index (χ2v) is 4.52. The summed E-state index contributed by atoms with van der Waals surface area (Å²) < 4.78 is 36.0. The van der Waals surface area contributed by atoms with Gasteiger partial charge in [-0.25, -0.2) is 0 Å². The average molecular weight is 224 g/mol. The normalized spacial score (nSPS) is 22.2. The minimum absolute atomic E-state index is 0.446. The summed E-state index contributed by atoms with van der Waals surface area (Å²) in [6.07, 6.45) is -4.81. The first-order valence-corrected chi connectivity index (χ1v) is 5.39. The van der Waals surface area contributed by atoms with Gasteiger partial charge in [0, 0.05) is 6.04 Å². The molecule has 0 bridgehead atoms. The van der Waals surface area contributed by atoms with Crippen LogP contribution in [0.3, 0.4) is 0 Å². The maximum absolute atomic E-state index is 12.0. The number of hydrogen-bond donors (Lipinski definition) is 2. The molecule has 15 heavy (non-hydrogen) atoms. The molecular weight excluding hydrogens is 205 g/mol. The van der Waals surface area contributed by atoms with E-state index in [1.54, 1.807) is 6.92 Å². The van der Waals surface area contributed by atoms with Gasteiger partial charge in [0.2, 0.25) is 0 Å². The van der Waals surface area contributed by atoms with Crippen LogP contribution in [0.15, 0.2) is 0 Å². The van der Waals surface area contributed by atoms with Gasteiger partial charge in [-0.2, -0.15) is 13.2 Å². The fraction of sp³-hybridized carbons (Fsp3) is 1.00. The zero-order chi connectivity index (χ0) is 11.5. The van der Waals surface area contributed by atoms with Crippen LogP contribution >= 0.6 is 0 Å². The Morgan fingerprint density at radius 2 is 1.93 bits per heavy atom. The molecule has 2 nitrogen and oxygen atoms in total. The van der Waals surface area contributed by atoms with Crippen molar-refractivity contribution in [3.8, 4) is 0 Å². The lowest BCUT2D eigenvalue weighted by atomic mass is 9.89. The van der Waals surface area contributed by atoms with Crippen LogP contribution in [0.5, 0.6) is 0 Å². The number of nitrogens with one attached hydrogen (secondary N) is 2. The van der Waals surface area contributed by atoms with Crippen LogP contribution in [-0.4, -0.2) is 31.9 Å². The van der Waals surface area contributed by atoms with Crippen LogP contribution < -0.4 is 10.6 Å². The van der Waals surface area contributed by atoms with E-state index in [4.69, 9.17) is 0 Å². The van der Waals surface area contributed by atoms with E-state index in [1.807, 2.05) is 0 Å². The average Bonchev–Trinajstić information content (AvgIpc) is 1.94. The van der Waals surface area contributed by atoms with Gasteiger partial charge in [-0.1, -0.05) is 6.92 Å². The van der Waals surface area contributed by atoms with E-state index in [0.29, 0.717) is 18.4 Å². The fourth-order valence-corrected chi connectivity index (χ4v) is 1.69. The highest BCUT2D eigenvalue weighted by molar-refractivity contribution is 4.81. The number of hydrogen-bond acceptors (Lipinski definition) is 2. The molecule has 0 amide bonds. The minimum atomic E-state index is -4.06. The third-order valence-corrected chi connectivity index (χ3v) is 2.94. The highest BCUT2D eigenvalue weighted by Crippen LogP contribution is 2.21. The van der Waals surface area contributed by atoms with Gasteiger partial charge in [0.05, 0.1) is 6.42 Å². The van der Waals surface area contributed by atoms with Crippen molar-refractivity contribution in [3.05, 3.63) is 0 Å². The first-order chi connectivity index (χ1) is 6.88. The summed E-state index contributed by atoms with van der Waals surface area (Å²) in [7, 11) is 0. The van der Waals surface area contributed by atoms with Crippen molar-refractivity contribution in [1.82, 2.24) is 10.6 Å². The van der Waals surface area contributed by atoms with Crippen molar-refractivity contribution in [1.29, 1.82) is 0 Å². The molecule has 1 heterocycles. The molecule has 2 atom stereocenters. The minimum Gasteiger partial charge on any atom is -0.316 e. The Labute approximate surface area is 88.6 Å². The van der Waals surface area contributed by atoms with Crippen molar-refractivity contribution in [2.75, 3.05) is 19.6 Å². The standard InChI is InChI=1S/C10H19F3N2/c1-7(9-5-14-6-9)4-15-8(2)3-10(11,12)13/h7-9,14-15H,3-6H2,1-2H3. The predicted octanol–water partition coefficient (Wildman–Crippen LogP) is 1.77. The maximum atomic E-state index is 12.0. The van der Waals surface area contributed by atoms with E-state index in [-0.39, 0.29) is 0 Å². The third-order valence-electron chi connectivity index (χ3n) is 2.94.